The van der Waals surface area contributed by atoms with Gasteiger partial charge in [-0.3, -0.25) is 10.1 Å². The van der Waals surface area contributed by atoms with Gasteiger partial charge in [0, 0.05) is 17.7 Å². The van der Waals surface area contributed by atoms with E-state index in [9.17, 15) is 10.1 Å². The maximum Gasteiger partial charge on any atom is 0.276 e. The number of hydrogen-bond donors (Lipinski definition) is 1. The van der Waals surface area contributed by atoms with Crippen molar-refractivity contribution >= 4 is 5.69 Å². The van der Waals surface area contributed by atoms with Crippen LogP contribution in [0.15, 0.2) is 42.5 Å². The number of benzene rings is 2. The highest BCUT2D eigenvalue weighted by molar-refractivity contribution is 5.41. The molecule has 2 N–H and O–H groups in total. The van der Waals surface area contributed by atoms with E-state index in [1.165, 1.54) is 6.07 Å². The Bertz CT molecular complexity index is 654. The third-order valence-electron chi connectivity index (χ3n) is 3.23. The zero-order valence-electron chi connectivity index (χ0n) is 12.1. The van der Waals surface area contributed by atoms with Crippen molar-refractivity contribution in [3.63, 3.8) is 0 Å². The summed E-state index contributed by atoms with van der Waals surface area (Å²) < 4.78 is 5.75. The Hall–Kier alpha value is -2.40. The summed E-state index contributed by atoms with van der Waals surface area (Å²) in [5, 5.41) is 11.0. The van der Waals surface area contributed by atoms with Crippen LogP contribution in [0.5, 0.6) is 5.75 Å². The second-order valence-corrected chi connectivity index (χ2v) is 5.00. The van der Waals surface area contributed by atoms with Crippen molar-refractivity contribution in [2.45, 2.75) is 26.5 Å². The van der Waals surface area contributed by atoms with E-state index in [0.717, 1.165) is 11.1 Å². The minimum absolute atomic E-state index is 0.0620. The molecule has 110 valence electrons. The third-order valence-corrected chi connectivity index (χ3v) is 3.23. The molecule has 0 aliphatic rings. The molecule has 0 saturated carbocycles. The van der Waals surface area contributed by atoms with Crippen LogP contribution in [0.3, 0.4) is 0 Å². The number of para-hydroxylation sites is 1. The zero-order valence-corrected chi connectivity index (χ0v) is 12.1. The molecule has 2 rings (SSSR count). The van der Waals surface area contributed by atoms with E-state index in [4.69, 9.17) is 10.5 Å². The van der Waals surface area contributed by atoms with Crippen LogP contribution in [0.4, 0.5) is 5.69 Å². The number of nitro benzene ring substituents is 1. The van der Waals surface area contributed by atoms with Crippen LogP contribution in [0.1, 0.15) is 29.7 Å². The molecule has 2 aromatic rings. The summed E-state index contributed by atoms with van der Waals surface area (Å²) in [5.74, 6) is 0.661. The van der Waals surface area contributed by atoms with Gasteiger partial charge in [0.15, 0.2) is 0 Å². The molecule has 21 heavy (non-hydrogen) atoms. The van der Waals surface area contributed by atoms with Gasteiger partial charge in [0.25, 0.3) is 5.69 Å². The number of ether oxygens (including phenoxy) is 1. The molecule has 1 atom stereocenters. The van der Waals surface area contributed by atoms with E-state index in [2.05, 4.69) is 0 Å². The van der Waals surface area contributed by atoms with Crippen molar-refractivity contribution in [2.24, 2.45) is 5.73 Å². The Balaban J connectivity index is 2.23. The zero-order chi connectivity index (χ0) is 15.4. The summed E-state index contributed by atoms with van der Waals surface area (Å²) in [6, 6.07) is 12.2. The highest BCUT2D eigenvalue weighted by Gasteiger charge is 2.14. The van der Waals surface area contributed by atoms with Gasteiger partial charge < -0.3 is 10.5 Å². The summed E-state index contributed by atoms with van der Waals surface area (Å²) in [4.78, 5) is 10.6. The Kier molecular flexibility index (Phi) is 4.55. The number of nitro groups is 1. The molecule has 0 saturated heterocycles. The summed E-state index contributed by atoms with van der Waals surface area (Å²) in [6.07, 6.45) is 0. The van der Waals surface area contributed by atoms with Crippen LogP contribution in [0.2, 0.25) is 0 Å². The standard InChI is InChI=1S/C16H18N2O3/c1-11-7-8-16(14(9-11)12(2)17)21-10-13-5-3-4-6-15(13)18(19)20/h3-9,12H,10,17H2,1-2H3. The first kappa shape index (κ1) is 15.0. The topological polar surface area (TPSA) is 78.4 Å². The third kappa shape index (κ3) is 3.58. The van der Waals surface area contributed by atoms with Gasteiger partial charge in [-0.2, -0.15) is 0 Å². The SMILES string of the molecule is Cc1ccc(OCc2ccccc2[N+](=O)[O-])c(C(C)N)c1. The van der Waals surface area contributed by atoms with E-state index < -0.39 is 4.92 Å². The Morgan fingerprint density at radius 2 is 2.00 bits per heavy atom. The number of aryl methyl sites for hydroxylation is 1. The van der Waals surface area contributed by atoms with Gasteiger partial charge in [0.1, 0.15) is 12.4 Å². The quantitative estimate of drug-likeness (QED) is 0.674. The summed E-state index contributed by atoms with van der Waals surface area (Å²) in [7, 11) is 0. The molecule has 0 fully saturated rings. The lowest BCUT2D eigenvalue weighted by molar-refractivity contribution is -0.385. The molecule has 2 aromatic carbocycles. The second kappa shape index (κ2) is 6.37. The minimum Gasteiger partial charge on any atom is -0.488 e. The lowest BCUT2D eigenvalue weighted by Gasteiger charge is -2.15. The average Bonchev–Trinajstić information content (AvgIpc) is 2.46. The van der Waals surface area contributed by atoms with Crippen LogP contribution in [-0.4, -0.2) is 4.92 Å². The monoisotopic (exact) mass is 286 g/mol. The van der Waals surface area contributed by atoms with Crippen LogP contribution < -0.4 is 10.5 Å². The van der Waals surface area contributed by atoms with Gasteiger partial charge in [0.2, 0.25) is 0 Å². The minimum atomic E-state index is -0.402. The van der Waals surface area contributed by atoms with Crippen molar-refractivity contribution in [1.82, 2.24) is 0 Å². The molecule has 0 aromatic heterocycles. The fourth-order valence-electron chi connectivity index (χ4n) is 2.12. The molecule has 1 unspecified atom stereocenters. The maximum absolute atomic E-state index is 11.0. The molecule has 5 nitrogen and oxygen atoms in total. The predicted molar refractivity (Wildman–Crippen MR) is 81.2 cm³/mol. The Morgan fingerprint density at radius 3 is 2.67 bits per heavy atom. The predicted octanol–water partition coefficient (Wildman–Crippen LogP) is 3.50. The van der Waals surface area contributed by atoms with Gasteiger partial charge in [0.05, 0.1) is 10.5 Å². The molecule has 5 heteroatoms. The van der Waals surface area contributed by atoms with Gasteiger partial charge in [-0.1, -0.05) is 29.8 Å². The van der Waals surface area contributed by atoms with E-state index >= 15 is 0 Å². The number of hydrogen-bond acceptors (Lipinski definition) is 4. The molecular formula is C16H18N2O3. The average molecular weight is 286 g/mol. The second-order valence-electron chi connectivity index (χ2n) is 5.00. The number of rotatable bonds is 5. The summed E-state index contributed by atoms with van der Waals surface area (Å²) >= 11 is 0. The van der Waals surface area contributed by atoms with Crippen molar-refractivity contribution < 1.29 is 9.66 Å². The maximum atomic E-state index is 11.0. The van der Waals surface area contributed by atoms with Gasteiger partial charge in [-0.05, 0) is 26.0 Å². The Morgan fingerprint density at radius 1 is 1.29 bits per heavy atom. The normalized spacial score (nSPS) is 12.0. The molecule has 0 aliphatic heterocycles. The van der Waals surface area contributed by atoms with Crippen LogP contribution in [0, 0.1) is 17.0 Å². The fourth-order valence-corrected chi connectivity index (χ4v) is 2.12. The van der Waals surface area contributed by atoms with E-state index in [0.29, 0.717) is 11.3 Å². The van der Waals surface area contributed by atoms with Crippen LogP contribution in [-0.2, 0) is 6.61 Å². The number of nitrogens with two attached hydrogens (primary N) is 1. The van der Waals surface area contributed by atoms with Crippen LogP contribution >= 0.6 is 0 Å². The van der Waals surface area contributed by atoms with Gasteiger partial charge in [-0.15, -0.1) is 0 Å². The van der Waals surface area contributed by atoms with Crippen molar-refractivity contribution in [1.29, 1.82) is 0 Å². The first-order chi connectivity index (χ1) is 9.99. The smallest absolute Gasteiger partial charge is 0.276 e. The molecular weight excluding hydrogens is 268 g/mol. The molecule has 0 aliphatic carbocycles. The van der Waals surface area contributed by atoms with Crippen molar-refractivity contribution in [3.05, 3.63) is 69.3 Å². The summed E-state index contributed by atoms with van der Waals surface area (Å²) in [6.45, 7) is 4.00. The highest BCUT2D eigenvalue weighted by atomic mass is 16.6. The fraction of sp³-hybridized carbons (Fsp3) is 0.250. The lowest BCUT2D eigenvalue weighted by atomic mass is 10.1. The highest BCUT2D eigenvalue weighted by Crippen LogP contribution is 2.27. The largest absolute Gasteiger partial charge is 0.488 e. The lowest BCUT2D eigenvalue weighted by Crippen LogP contribution is -2.09. The van der Waals surface area contributed by atoms with E-state index in [1.807, 2.05) is 32.0 Å². The first-order valence-corrected chi connectivity index (χ1v) is 6.70. The molecule has 0 heterocycles. The molecule has 0 amide bonds. The molecule has 0 spiro atoms. The van der Waals surface area contributed by atoms with Crippen LogP contribution in [0.25, 0.3) is 0 Å². The Labute approximate surface area is 123 Å². The van der Waals surface area contributed by atoms with Crippen molar-refractivity contribution in [3.8, 4) is 5.75 Å². The van der Waals surface area contributed by atoms with E-state index in [1.54, 1.807) is 18.2 Å². The number of nitrogens with zero attached hydrogens (tertiary/aromatic N) is 1. The van der Waals surface area contributed by atoms with Crippen molar-refractivity contribution in [2.75, 3.05) is 0 Å². The molecule has 0 bridgehead atoms. The molecule has 0 radical (unpaired) electrons. The van der Waals surface area contributed by atoms with E-state index in [-0.39, 0.29) is 18.3 Å². The van der Waals surface area contributed by atoms with Gasteiger partial charge >= 0.3 is 0 Å². The summed E-state index contributed by atoms with van der Waals surface area (Å²) in [5.41, 5.74) is 8.54. The first-order valence-electron chi connectivity index (χ1n) is 6.70. The van der Waals surface area contributed by atoms with Gasteiger partial charge in [-0.25, -0.2) is 0 Å².